The first-order valence-corrected chi connectivity index (χ1v) is 7.42. The van der Waals surface area contributed by atoms with Gasteiger partial charge in [-0.05, 0) is 41.8 Å². The highest BCUT2D eigenvalue weighted by molar-refractivity contribution is 5.94. The van der Waals surface area contributed by atoms with Crippen molar-refractivity contribution in [2.75, 3.05) is 13.7 Å². The minimum atomic E-state index is -4.33. The van der Waals surface area contributed by atoms with Gasteiger partial charge in [0, 0.05) is 19.2 Å². The number of amides is 1. The molecule has 0 aliphatic heterocycles. The SMILES string of the molecule is COCc1ccc(C(=O)NCCc2ccc(C(F)(F)F)cc2)cc1. The highest BCUT2D eigenvalue weighted by atomic mass is 19.4. The first-order valence-electron chi connectivity index (χ1n) is 7.42. The van der Waals surface area contributed by atoms with Crippen LogP contribution in [0.25, 0.3) is 0 Å². The molecule has 0 bridgehead atoms. The average Bonchev–Trinajstić information content (AvgIpc) is 2.55. The van der Waals surface area contributed by atoms with Crippen molar-refractivity contribution < 1.29 is 22.7 Å². The molecule has 0 fully saturated rings. The van der Waals surface area contributed by atoms with Crippen LogP contribution in [0.3, 0.4) is 0 Å². The van der Waals surface area contributed by atoms with Gasteiger partial charge in [0.1, 0.15) is 0 Å². The van der Waals surface area contributed by atoms with Crippen molar-refractivity contribution in [1.29, 1.82) is 0 Å². The molecule has 0 aliphatic rings. The van der Waals surface area contributed by atoms with Crippen LogP contribution in [-0.4, -0.2) is 19.6 Å². The van der Waals surface area contributed by atoms with Crippen molar-refractivity contribution in [2.24, 2.45) is 0 Å². The quantitative estimate of drug-likeness (QED) is 0.870. The molecule has 0 saturated heterocycles. The van der Waals surface area contributed by atoms with Gasteiger partial charge < -0.3 is 10.1 Å². The summed E-state index contributed by atoms with van der Waals surface area (Å²) >= 11 is 0. The summed E-state index contributed by atoms with van der Waals surface area (Å²) in [5, 5.41) is 2.75. The van der Waals surface area contributed by atoms with Gasteiger partial charge in [-0.15, -0.1) is 0 Å². The second-order valence-corrected chi connectivity index (χ2v) is 5.33. The molecule has 0 atom stereocenters. The summed E-state index contributed by atoms with van der Waals surface area (Å²) in [5.74, 6) is -0.217. The van der Waals surface area contributed by atoms with Crippen molar-refractivity contribution in [3.63, 3.8) is 0 Å². The van der Waals surface area contributed by atoms with Crippen LogP contribution >= 0.6 is 0 Å². The summed E-state index contributed by atoms with van der Waals surface area (Å²) in [6.07, 6.45) is -3.87. The van der Waals surface area contributed by atoms with E-state index in [9.17, 15) is 18.0 Å². The number of carbonyl (C=O) groups excluding carboxylic acids is 1. The van der Waals surface area contributed by atoms with E-state index in [1.165, 1.54) is 12.1 Å². The molecule has 1 amide bonds. The third-order valence-electron chi connectivity index (χ3n) is 3.51. The van der Waals surface area contributed by atoms with Crippen LogP contribution < -0.4 is 5.32 Å². The minimum absolute atomic E-state index is 0.217. The lowest BCUT2D eigenvalue weighted by Gasteiger charge is -2.09. The van der Waals surface area contributed by atoms with Crippen LogP contribution in [0.1, 0.15) is 27.0 Å². The summed E-state index contributed by atoms with van der Waals surface area (Å²) in [5.41, 5.74) is 1.56. The van der Waals surface area contributed by atoms with Crippen molar-refractivity contribution in [1.82, 2.24) is 5.32 Å². The maximum absolute atomic E-state index is 12.5. The normalized spacial score (nSPS) is 11.3. The van der Waals surface area contributed by atoms with Gasteiger partial charge in [0.25, 0.3) is 5.91 Å². The Hall–Kier alpha value is -2.34. The fourth-order valence-electron chi connectivity index (χ4n) is 2.20. The average molecular weight is 337 g/mol. The van der Waals surface area contributed by atoms with Gasteiger partial charge in [-0.2, -0.15) is 13.2 Å². The van der Waals surface area contributed by atoms with Crippen LogP contribution in [0.15, 0.2) is 48.5 Å². The zero-order valence-corrected chi connectivity index (χ0v) is 13.2. The molecule has 0 radical (unpaired) electrons. The number of hydrogen-bond donors (Lipinski definition) is 1. The van der Waals surface area contributed by atoms with Crippen LogP contribution in [0.5, 0.6) is 0 Å². The summed E-state index contributed by atoms with van der Waals surface area (Å²) in [6.45, 7) is 0.833. The number of nitrogens with one attached hydrogen (secondary N) is 1. The molecule has 0 spiro atoms. The molecule has 2 aromatic carbocycles. The molecule has 0 saturated carbocycles. The Labute approximate surface area is 138 Å². The van der Waals surface area contributed by atoms with Gasteiger partial charge in [-0.25, -0.2) is 0 Å². The van der Waals surface area contributed by atoms with E-state index >= 15 is 0 Å². The molecule has 1 N–H and O–H groups in total. The van der Waals surface area contributed by atoms with E-state index in [4.69, 9.17) is 4.74 Å². The van der Waals surface area contributed by atoms with Crippen LogP contribution in [0, 0.1) is 0 Å². The minimum Gasteiger partial charge on any atom is -0.380 e. The third kappa shape index (κ3) is 5.09. The van der Waals surface area contributed by atoms with Gasteiger partial charge in [-0.3, -0.25) is 4.79 Å². The molecule has 0 aromatic heterocycles. The first-order chi connectivity index (χ1) is 11.4. The third-order valence-corrected chi connectivity index (χ3v) is 3.51. The second-order valence-electron chi connectivity index (χ2n) is 5.33. The molecule has 2 aromatic rings. The van der Waals surface area contributed by atoms with Gasteiger partial charge in [0.15, 0.2) is 0 Å². The molecule has 0 aliphatic carbocycles. The largest absolute Gasteiger partial charge is 0.416 e. The highest BCUT2D eigenvalue weighted by Crippen LogP contribution is 2.29. The summed E-state index contributed by atoms with van der Waals surface area (Å²) in [6, 6.07) is 12.0. The number of halogens is 3. The molecule has 24 heavy (non-hydrogen) atoms. The van der Waals surface area contributed by atoms with E-state index in [-0.39, 0.29) is 5.91 Å². The predicted octanol–water partition coefficient (Wildman–Crippen LogP) is 3.82. The standard InChI is InChI=1S/C18H18F3NO2/c1-24-12-14-2-6-15(7-3-14)17(23)22-11-10-13-4-8-16(9-5-13)18(19,20)21/h2-9H,10-12H2,1H3,(H,22,23). The first kappa shape index (κ1) is 18.0. The fraction of sp³-hybridized carbons (Fsp3) is 0.278. The summed E-state index contributed by atoms with van der Waals surface area (Å²) in [7, 11) is 1.60. The molecule has 128 valence electrons. The van der Waals surface area contributed by atoms with Crippen molar-refractivity contribution >= 4 is 5.91 Å². The van der Waals surface area contributed by atoms with E-state index in [1.54, 1.807) is 19.2 Å². The molecular weight excluding hydrogens is 319 g/mol. The number of alkyl halides is 3. The zero-order chi connectivity index (χ0) is 17.6. The maximum atomic E-state index is 12.5. The molecule has 0 unspecified atom stereocenters. The molecule has 6 heteroatoms. The summed E-state index contributed by atoms with van der Waals surface area (Å²) in [4.78, 5) is 12.0. The van der Waals surface area contributed by atoms with Crippen LogP contribution in [-0.2, 0) is 23.9 Å². The van der Waals surface area contributed by atoms with Crippen LogP contribution in [0.2, 0.25) is 0 Å². The number of hydrogen-bond acceptors (Lipinski definition) is 2. The Morgan fingerprint density at radius 1 is 1.00 bits per heavy atom. The highest BCUT2D eigenvalue weighted by Gasteiger charge is 2.29. The van der Waals surface area contributed by atoms with E-state index in [1.807, 2.05) is 12.1 Å². The van der Waals surface area contributed by atoms with Gasteiger partial charge in [0.05, 0.1) is 12.2 Å². The van der Waals surface area contributed by atoms with Gasteiger partial charge in [0.2, 0.25) is 0 Å². The number of carbonyl (C=O) groups is 1. The molecule has 3 nitrogen and oxygen atoms in total. The van der Waals surface area contributed by atoms with Crippen molar-refractivity contribution in [2.45, 2.75) is 19.2 Å². The van der Waals surface area contributed by atoms with E-state index in [0.717, 1.165) is 23.3 Å². The lowest BCUT2D eigenvalue weighted by molar-refractivity contribution is -0.137. The number of methoxy groups -OCH3 is 1. The van der Waals surface area contributed by atoms with Crippen LogP contribution in [0.4, 0.5) is 13.2 Å². The van der Waals surface area contributed by atoms with Crippen molar-refractivity contribution in [3.8, 4) is 0 Å². The Balaban J connectivity index is 1.84. The smallest absolute Gasteiger partial charge is 0.380 e. The number of benzene rings is 2. The van der Waals surface area contributed by atoms with E-state index in [2.05, 4.69) is 5.32 Å². The van der Waals surface area contributed by atoms with E-state index in [0.29, 0.717) is 25.1 Å². The lowest BCUT2D eigenvalue weighted by Crippen LogP contribution is -2.25. The number of ether oxygens (including phenoxy) is 1. The predicted molar refractivity (Wildman–Crippen MR) is 84.6 cm³/mol. The monoisotopic (exact) mass is 337 g/mol. The second kappa shape index (κ2) is 7.97. The lowest BCUT2D eigenvalue weighted by atomic mass is 10.1. The molecule has 2 rings (SSSR count). The van der Waals surface area contributed by atoms with Gasteiger partial charge in [-0.1, -0.05) is 24.3 Å². The maximum Gasteiger partial charge on any atom is 0.416 e. The Morgan fingerprint density at radius 3 is 2.12 bits per heavy atom. The van der Waals surface area contributed by atoms with E-state index < -0.39 is 11.7 Å². The Kier molecular flexibility index (Phi) is 5.98. The Bertz CT molecular complexity index is 664. The topological polar surface area (TPSA) is 38.3 Å². The summed E-state index contributed by atoms with van der Waals surface area (Å²) < 4.78 is 42.4. The number of rotatable bonds is 6. The molecular formula is C18H18F3NO2. The fourth-order valence-corrected chi connectivity index (χ4v) is 2.20. The van der Waals surface area contributed by atoms with Gasteiger partial charge >= 0.3 is 6.18 Å². The Morgan fingerprint density at radius 2 is 1.58 bits per heavy atom. The zero-order valence-electron chi connectivity index (χ0n) is 13.2. The van der Waals surface area contributed by atoms with Crippen molar-refractivity contribution in [3.05, 3.63) is 70.8 Å². The molecule has 0 heterocycles.